The summed E-state index contributed by atoms with van der Waals surface area (Å²) < 4.78 is 20.5. The number of nitrogens with zero attached hydrogens (tertiary/aromatic N) is 2. The Morgan fingerprint density at radius 1 is 1.19 bits per heavy atom. The Bertz CT molecular complexity index is 889. The minimum absolute atomic E-state index is 0.142. The summed E-state index contributed by atoms with van der Waals surface area (Å²) in [7, 11) is 1.86. The van der Waals surface area contributed by atoms with Crippen LogP contribution in [-0.4, -0.2) is 22.1 Å². The molecule has 0 radical (unpaired) electrons. The molecule has 0 bridgehead atoms. The number of rotatable bonds is 7. The molecule has 140 valence electrons. The van der Waals surface area contributed by atoms with Crippen LogP contribution in [0.25, 0.3) is 0 Å². The van der Waals surface area contributed by atoms with Gasteiger partial charge in [0.2, 0.25) is 5.91 Å². The highest BCUT2D eigenvalue weighted by molar-refractivity contribution is 5.79. The summed E-state index contributed by atoms with van der Waals surface area (Å²) in [5.41, 5.74) is 1.65. The lowest BCUT2D eigenvalue weighted by molar-refractivity contribution is -0.121. The molecule has 0 saturated heterocycles. The number of halogens is 1. The maximum atomic E-state index is 13.3. The van der Waals surface area contributed by atoms with Crippen LogP contribution < -0.4 is 10.1 Å². The van der Waals surface area contributed by atoms with Crippen molar-refractivity contribution in [3.05, 3.63) is 83.7 Å². The van der Waals surface area contributed by atoms with Crippen LogP contribution in [-0.2, 0) is 18.3 Å². The van der Waals surface area contributed by atoms with Gasteiger partial charge in [-0.15, -0.1) is 0 Å². The molecular weight excluding hydrogens is 345 g/mol. The number of hydrogen-bond donors (Lipinski definition) is 1. The van der Waals surface area contributed by atoms with Crippen LogP contribution in [0.2, 0.25) is 0 Å². The molecular formula is C21H22FN3O2. The van der Waals surface area contributed by atoms with E-state index < -0.39 is 6.04 Å². The van der Waals surface area contributed by atoms with E-state index in [1.807, 2.05) is 49.0 Å². The van der Waals surface area contributed by atoms with Gasteiger partial charge in [-0.2, -0.15) is 0 Å². The van der Waals surface area contributed by atoms with Crippen molar-refractivity contribution in [1.82, 2.24) is 14.9 Å². The Labute approximate surface area is 157 Å². The van der Waals surface area contributed by atoms with Gasteiger partial charge in [-0.05, 0) is 42.3 Å². The standard InChI is InChI=1S/C21H22FN3O2/c1-3-27-18-10-4-15(5-11-18)14-19(26)24-20(21-23-12-13-25(21)2)16-6-8-17(22)9-7-16/h4-13,20H,3,14H2,1-2H3,(H,24,26). The lowest BCUT2D eigenvalue weighted by Gasteiger charge is -2.19. The summed E-state index contributed by atoms with van der Waals surface area (Å²) in [5.74, 6) is 0.995. The number of carbonyl (C=O) groups is 1. The third-order valence-electron chi connectivity index (χ3n) is 4.22. The summed E-state index contributed by atoms with van der Waals surface area (Å²) >= 11 is 0. The zero-order chi connectivity index (χ0) is 19.2. The molecule has 0 aliphatic rings. The van der Waals surface area contributed by atoms with Crippen molar-refractivity contribution in [2.45, 2.75) is 19.4 Å². The number of benzene rings is 2. The van der Waals surface area contributed by atoms with E-state index in [9.17, 15) is 9.18 Å². The van der Waals surface area contributed by atoms with E-state index >= 15 is 0 Å². The molecule has 1 aromatic heterocycles. The van der Waals surface area contributed by atoms with Crippen molar-refractivity contribution in [3.8, 4) is 5.75 Å². The van der Waals surface area contributed by atoms with E-state index in [1.165, 1.54) is 12.1 Å². The van der Waals surface area contributed by atoms with Gasteiger partial charge < -0.3 is 14.6 Å². The molecule has 1 N–H and O–H groups in total. The first-order valence-corrected chi connectivity index (χ1v) is 8.80. The fourth-order valence-electron chi connectivity index (χ4n) is 2.88. The second-order valence-corrected chi connectivity index (χ2v) is 6.20. The molecule has 1 atom stereocenters. The summed E-state index contributed by atoms with van der Waals surface area (Å²) in [5, 5.41) is 3.01. The smallest absolute Gasteiger partial charge is 0.225 e. The minimum atomic E-state index is -0.458. The van der Waals surface area contributed by atoms with E-state index in [1.54, 1.807) is 18.3 Å². The Kier molecular flexibility index (Phi) is 5.86. The lowest BCUT2D eigenvalue weighted by atomic mass is 10.0. The van der Waals surface area contributed by atoms with E-state index in [0.29, 0.717) is 12.4 Å². The Balaban J connectivity index is 1.76. The van der Waals surface area contributed by atoms with Gasteiger partial charge in [-0.3, -0.25) is 4.79 Å². The van der Waals surface area contributed by atoms with E-state index in [2.05, 4.69) is 10.3 Å². The number of amides is 1. The molecule has 1 unspecified atom stereocenters. The highest BCUT2D eigenvalue weighted by atomic mass is 19.1. The highest BCUT2D eigenvalue weighted by Gasteiger charge is 2.21. The van der Waals surface area contributed by atoms with Crippen molar-refractivity contribution < 1.29 is 13.9 Å². The molecule has 0 saturated carbocycles. The molecule has 0 fully saturated rings. The monoisotopic (exact) mass is 367 g/mol. The Hall–Kier alpha value is -3.15. The molecule has 3 rings (SSSR count). The maximum absolute atomic E-state index is 13.3. The number of nitrogens with one attached hydrogen (secondary N) is 1. The third kappa shape index (κ3) is 4.73. The van der Waals surface area contributed by atoms with Crippen LogP contribution in [0.4, 0.5) is 4.39 Å². The summed E-state index contributed by atoms with van der Waals surface area (Å²) in [6.07, 6.45) is 3.71. The second kappa shape index (κ2) is 8.49. The number of imidazole rings is 1. The molecule has 2 aromatic carbocycles. The number of aromatic nitrogens is 2. The fourth-order valence-corrected chi connectivity index (χ4v) is 2.88. The van der Waals surface area contributed by atoms with Crippen LogP contribution in [0.1, 0.15) is 29.9 Å². The predicted octanol–water partition coefficient (Wildman–Crippen LogP) is 3.41. The van der Waals surface area contributed by atoms with Gasteiger partial charge in [0.25, 0.3) is 0 Å². The number of carbonyl (C=O) groups excluding carboxylic acids is 1. The van der Waals surface area contributed by atoms with E-state index in [4.69, 9.17) is 4.74 Å². The molecule has 0 spiro atoms. The lowest BCUT2D eigenvalue weighted by Crippen LogP contribution is -2.32. The normalized spacial score (nSPS) is 11.8. The minimum Gasteiger partial charge on any atom is -0.494 e. The van der Waals surface area contributed by atoms with Crippen molar-refractivity contribution in [2.75, 3.05) is 6.61 Å². The van der Waals surface area contributed by atoms with Crippen LogP contribution in [0.5, 0.6) is 5.75 Å². The van der Waals surface area contributed by atoms with Crippen LogP contribution in [0, 0.1) is 5.82 Å². The molecule has 5 nitrogen and oxygen atoms in total. The van der Waals surface area contributed by atoms with Crippen LogP contribution >= 0.6 is 0 Å². The number of hydrogen-bond acceptors (Lipinski definition) is 3. The highest BCUT2D eigenvalue weighted by Crippen LogP contribution is 2.21. The molecule has 0 aliphatic heterocycles. The van der Waals surface area contributed by atoms with Gasteiger partial charge in [0.15, 0.2) is 0 Å². The van der Waals surface area contributed by atoms with Crippen molar-refractivity contribution >= 4 is 5.91 Å². The maximum Gasteiger partial charge on any atom is 0.225 e. The zero-order valence-electron chi connectivity index (χ0n) is 15.4. The van der Waals surface area contributed by atoms with Crippen LogP contribution in [0.15, 0.2) is 60.9 Å². The van der Waals surface area contributed by atoms with Crippen molar-refractivity contribution in [1.29, 1.82) is 0 Å². The average Bonchev–Trinajstić information content (AvgIpc) is 3.08. The van der Waals surface area contributed by atoms with E-state index in [0.717, 1.165) is 16.9 Å². The molecule has 1 heterocycles. The quantitative estimate of drug-likeness (QED) is 0.696. The summed E-state index contributed by atoms with van der Waals surface area (Å²) in [4.78, 5) is 17.0. The Morgan fingerprint density at radius 3 is 2.48 bits per heavy atom. The summed E-state index contributed by atoms with van der Waals surface area (Å²) in [6, 6.07) is 13.1. The predicted molar refractivity (Wildman–Crippen MR) is 101 cm³/mol. The number of aryl methyl sites for hydroxylation is 1. The SMILES string of the molecule is CCOc1ccc(CC(=O)NC(c2ccc(F)cc2)c2nccn2C)cc1. The largest absolute Gasteiger partial charge is 0.494 e. The van der Waals surface area contributed by atoms with Crippen LogP contribution in [0.3, 0.4) is 0 Å². The number of ether oxygens (including phenoxy) is 1. The van der Waals surface area contributed by atoms with Gasteiger partial charge in [0.05, 0.1) is 13.0 Å². The average molecular weight is 367 g/mol. The first-order chi connectivity index (χ1) is 13.1. The first-order valence-electron chi connectivity index (χ1n) is 8.80. The fraction of sp³-hybridized carbons (Fsp3) is 0.238. The molecule has 6 heteroatoms. The van der Waals surface area contributed by atoms with Gasteiger partial charge >= 0.3 is 0 Å². The second-order valence-electron chi connectivity index (χ2n) is 6.20. The topological polar surface area (TPSA) is 56.1 Å². The van der Waals surface area contributed by atoms with Gasteiger partial charge in [-0.1, -0.05) is 24.3 Å². The van der Waals surface area contributed by atoms with Gasteiger partial charge in [0, 0.05) is 19.4 Å². The third-order valence-corrected chi connectivity index (χ3v) is 4.22. The zero-order valence-corrected chi connectivity index (χ0v) is 15.4. The van der Waals surface area contributed by atoms with Crippen molar-refractivity contribution in [3.63, 3.8) is 0 Å². The molecule has 3 aromatic rings. The van der Waals surface area contributed by atoms with Gasteiger partial charge in [0.1, 0.15) is 23.4 Å². The van der Waals surface area contributed by atoms with E-state index in [-0.39, 0.29) is 18.1 Å². The van der Waals surface area contributed by atoms with Gasteiger partial charge in [-0.25, -0.2) is 9.37 Å². The summed E-state index contributed by atoms with van der Waals surface area (Å²) in [6.45, 7) is 2.53. The van der Waals surface area contributed by atoms with Crippen molar-refractivity contribution in [2.24, 2.45) is 7.05 Å². The Morgan fingerprint density at radius 2 is 1.89 bits per heavy atom. The first kappa shape index (κ1) is 18.6. The molecule has 27 heavy (non-hydrogen) atoms. The molecule has 1 amide bonds. The molecule has 0 aliphatic carbocycles.